The van der Waals surface area contributed by atoms with Crippen LogP contribution < -0.4 is 0 Å². The number of rotatable bonds is 10. The van der Waals surface area contributed by atoms with Crippen LogP contribution >= 0.6 is 11.3 Å². The van der Waals surface area contributed by atoms with Crippen LogP contribution in [-0.4, -0.2) is 15.9 Å². The van der Waals surface area contributed by atoms with Gasteiger partial charge in [0.2, 0.25) is 0 Å². The number of aryl methyl sites for hydroxylation is 1. The van der Waals surface area contributed by atoms with E-state index < -0.39 is 0 Å². The molecule has 6 rings (SSSR count). The first-order chi connectivity index (χ1) is 24.5. The van der Waals surface area contributed by atoms with Gasteiger partial charge in [-0.15, -0.1) is 40.5 Å². The summed E-state index contributed by atoms with van der Waals surface area (Å²) < 4.78 is 7.69. The van der Waals surface area contributed by atoms with Crippen LogP contribution in [0.25, 0.3) is 54.1 Å². The normalized spacial score (nSPS) is 12.8. The molecule has 1 N–H and O–H groups in total. The molecule has 6 aromatic rings. The molecule has 0 bridgehead atoms. The number of thiophene rings is 1. The van der Waals surface area contributed by atoms with E-state index in [1.54, 1.807) is 0 Å². The number of carbonyl (C=O) groups excluding carboxylic acids is 1. The molecule has 1 radical (unpaired) electrons. The fraction of sp³-hybridized carbons (Fsp3) is 0.447. The Kier molecular flexibility index (Phi) is 13.3. The molecule has 0 aliphatic heterocycles. The van der Waals surface area contributed by atoms with Crippen molar-refractivity contribution in [2.24, 2.45) is 16.7 Å². The van der Waals surface area contributed by atoms with Gasteiger partial charge in [0, 0.05) is 69.3 Å². The fourth-order valence-electron chi connectivity index (χ4n) is 7.01. The number of carbonyl (C=O) groups is 1. The summed E-state index contributed by atoms with van der Waals surface area (Å²) in [6, 6.07) is 21.0. The van der Waals surface area contributed by atoms with E-state index >= 15 is 0 Å². The molecule has 0 saturated heterocycles. The molecule has 0 aliphatic rings. The van der Waals surface area contributed by atoms with Gasteiger partial charge < -0.3 is 9.52 Å². The van der Waals surface area contributed by atoms with E-state index in [1.807, 2.05) is 65.1 Å². The summed E-state index contributed by atoms with van der Waals surface area (Å²) in [4.78, 5) is 18.5. The minimum Gasteiger partial charge on any atom is -0.512 e. The summed E-state index contributed by atoms with van der Waals surface area (Å²) in [7, 11) is 0. The third-order valence-electron chi connectivity index (χ3n) is 11.6. The first kappa shape index (κ1) is 42.4. The van der Waals surface area contributed by atoms with E-state index in [4.69, 9.17) is 9.40 Å². The van der Waals surface area contributed by atoms with Crippen molar-refractivity contribution in [3.8, 4) is 11.3 Å². The van der Waals surface area contributed by atoms with Crippen LogP contribution in [-0.2, 0) is 36.7 Å². The van der Waals surface area contributed by atoms with Crippen molar-refractivity contribution < 1.29 is 34.4 Å². The molecule has 0 unspecified atom stereocenters. The Bertz CT molecular complexity index is 2260. The van der Waals surface area contributed by atoms with Gasteiger partial charge in [0.25, 0.3) is 0 Å². The topological polar surface area (TPSA) is 63.3 Å². The average molecular weight is 909 g/mol. The van der Waals surface area contributed by atoms with Crippen molar-refractivity contribution in [2.75, 3.05) is 0 Å². The van der Waals surface area contributed by atoms with Crippen molar-refractivity contribution in [3.05, 3.63) is 88.6 Å². The second-order valence-corrected chi connectivity index (χ2v) is 17.8. The van der Waals surface area contributed by atoms with Crippen LogP contribution in [0.3, 0.4) is 0 Å². The van der Waals surface area contributed by atoms with Crippen molar-refractivity contribution >= 4 is 59.9 Å². The van der Waals surface area contributed by atoms with E-state index in [0.29, 0.717) is 5.92 Å². The minimum atomic E-state index is -0.337. The molecule has 3 heterocycles. The first-order valence-electron chi connectivity index (χ1n) is 19.1. The van der Waals surface area contributed by atoms with Gasteiger partial charge in [-0.25, -0.2) is 0 Å². The van der Waals surface area contributed by atoms with E-state index in [-0.39, 0.29) is 47.9 Å². The molecular weight excluding hydrogens is 851 g/mol. The van der Waals surface area contributed by atoms with Gasteiger partial charge in [0.15, 0.2) is 5.78 Å². The van der Waals surface area contributed by atoms with Gasteiger partial charge in [-0.2, -0.15) is 0 Å². The number of nitrogens with zero attached hydrogens (tertiary/aromatic N) is 1. The zero-order valence-corrected chi connectivity index (χ0v) is 37.1. The standard InChI is InChI=1S/C32H30NOS.C15H28O2.Ir/c1-18(2)13-23-19(3)35-29-17-28-25(16-24(23)29)30-27(34-28)11-12-33-31(30)21-14-20-9-7-8-10-22(20)26(15-21)32(4,5)6;1-7-14(5,8-2)12(16)11-13(17)15(6,9-3)10-4;/h7-12,15-18H,13H2,1-6H3;11,16H,7-10H2,1-6H3;/q-1;;/b;12-11-;. The van der Waals surface area contributed by atoms with Gasteiger partial charge in [0.1, 0.15) is 16.9 Å². The number of ketones is 1. The molecule has 0 amide bonds. The SMILES string of the molecule is CCC(C)(CC)C(=O)/C=C(\O)C(C)(CC)CC.Cc1sc2cc3oc4ccnc(-c5[c-]c6ccccc6c(C(C)(C)C)c5)c4c3cc2c1CC(C)C.[Ir]. The summed E-state index contributed by atoms with van der Waals surface area (Å²) in [5, 5.41) is 16.1. The van der Waals surface area contributed by atoms with Crippen LogP contribution in [0.5, 0.6) is 0 Å². The maximum atomic E-state index is 12.2. The summed E-state index contributed by atoms with van der Waals surface area (Å²) in [6.07, 6.45) is 7.70. The Hall–Kier alpha value is -3.31. The predicted molar refractivity (Wildman–Crippen MR) is 224 cm³/mol. The number of aliphatic hydroxyl groups is 1. The quantitative estimate of drug-likeness (QED) is 0.0845. The molecule has 0 aliphatic carbocycles. The van der Waals surface area contributed by atoms with Gasteiger partial charge >= 0.3 is 0 Å². The number of hydrogen-bond acceptors (Lipinski definition) is 5. The number of benzene rings is 3. The Morgan fingerprint density at radius 1 is 0.887 bits per heavy atom. The zero-order valence-electron chi connectivity index (χ0n) is 33.8. The molecule has 285 valence electrons. The summed E-state index contributed by atoms with van der Waals surface area (Å²) in [5.41, 5.74) is 5.94. The third-order valence-corrected chi connectivity index (χ3v) is 12.7. The molecule has 6 heteroatoms. The number of fused-ring (bicyclic) bond motifs is 5. The summed E-state index contributed by atoms with van der Waals surface area (Å²) in [6.45, 7) is 25.7. The van der Waals surface area contributed by atoms with Crippen LogP contribution in [0.2, 0.25) is 0 Å². The Balaban J connectivity index is 0.000000299. The number of aromatic nitrogens is 1. The van der Waals surface area contributed by atoms with Crippen LogP contribution in [0.1, 0.15) is 118 Å². The molecule has 3 aromatic heterocycles. The zero-order chi connectivity index (χ0) is 38.2. The van der Waals surface area contributed by atoms with E-state index in [9.17, 15) is 9.90 Å². The molecule has 0 atom stereocenters. The van der Waals surface area contributed by atoms with Crippen molar-refractivity contribution in [2.45, 2.75) is 121 Å². The minimum absolute atomic E-state index is 0. The number of aliphatic hydroxyl groups excluding tert-OH is 1. The molecule has 4 nitrogen and oxygen atoms in total. The third kappa shape index (κ3) is 8.51. The molecule has 0 saturated carbocycles. The maximum absolute atomic E-state index is 12.2. The van der Waals surface area contributed by atoms with Gasteiger partial charge in [0.05, 0.1) is 0 Å². The Morgan fingerprint density at radius 3 is 2.13 bits per heavy atom. The predicted octanol–water partition coefficient (Wildman–Crippen LogP) is 14.3. The molecule has 0 spiro atoms. The number of allylic oxidation sites excluding steroid dienone is 2. The van der Waals surface area contributed by atoms with Crippen molar-refractivity contribution in [1.82, 2.24) is 4.98 Å². The summed E-state index contributed by atoms with van der Waals surface area (Å²) in [5.74, 6) is 0.900. The summed E-state index contributed by atoms with van der Waals surface area (Å²) >= 11 is 1.87. The van der Waals surface area contributed by atoms with E-state index in [0.717, 1.165) is 70.7 Å². The van der Waals surface area contributed by atoms with Gasteiger partial charge in [-0.05, 0) is 79.5 Å². The van der Waals surface area contributed by atoms with Gasteiger partial charge in [-0.3, -0.25) is 9.78 Å². The van der Waals surface area contributed by atoms with E-state index in [1.165, 1.54) is 37.6 Å². The molecule has 0 fully saturated rings. The van der Waals surface area contributed by atoms with Crippen LogP contribution in [0.4, 0.5) is 0 Å². The maximum Gasteiger partial charge on any atom is 0.164 e. The number of furan rings is 1. The molecular formula is C47H58IrNO3S-. The van der Waals surface area contributed by atoms with Crippen molar-refractivity contribution in [3.63, 3.8) is 0 Å². The average Bonchev–Trinajstić information content (AvgIpc) is 3.63. The van der Waals surface area contributed by atoms with E-state index in [2.05, 4.69) is 90.1 Å². The van der Waals surface area contributed by atoms with Gasteiger partial charge in [-0.1, -0.05) is 105 Å². The first-order valence-corrected chi connectivity index (χ1v) is 20.0. The Morgan fingerprint density at radius 2 is 1.53 bits per heavy atom. The molecule has 53 heavy (non-hydrogen) atoms. The van der Waals surface area contributed by atoms with Crippen LogP contribution in [0.15, 0.2) is 71.0 Å². The number of hydrogen-bond donors (Lipinski definition) is 1. The second kappa shape index (κ2) is 16.6. The monoisotopic (exact) mass is 909 g/mol. The van der Waals surface area contributed by atoms with Crippen LogP contribution in [0, 0.1) is 29.7 Å². The second-order valence-electron chi connectivity index (χ2n) is 16.5. The fourth-order valence-corrected chi connectivity index (χ4v) is 8.12. The smallest absolute Gasteiger partial charge is 0.164 e. The Labute approximate surface area is 334 Å². The largest absolute Gasteiger partial charge is 0.512 e. The number of pyridine rings is 1. The van der Waals surface area contributed by atoms with Crippen molar-refractivity contribution in [1.29, 1.82) is 0 Å². The molecule has 3 aromatic carbocycles.